The molecule has 0 aromatic carbocycles. The SMILES string of the molecule is CCCCCC(C)(OOC(C)(C)CC)OOC(C)(C)CC. The van der Waals surface area contributed by atoms with E-state index in [-0.39, 0.29) is 11.2 Å². The van der Waals surface area contributed by atoms with Crippen LogP contribution in [0.1, 0.15) is 93.9 Å². The van der Waals surface area contributed by atoms with Crippen LogP contribution in [0.2, 0.25) is 0 Å². The quantitative estimate of drug-likeness (QED) is 0.205. The molecule has 0 bridgehead atoms. The molecule has 128 valence electrons. The lowest BCUT2D eigenvalue weighted by Gasteiger charge is -2.34. The van der Waals surface area contributed by atoms with Gasteiger partial charge in [-0.05, 0) is 53.9 Å². The summed E-state index contributed by atoms with van der Waals surface area (Å²) in [5, 5.41) is 0. The van der Waals surface area contributed by atoms with Crippen LogP contribution in [-0.4, -0.2) is 17.0 Å². The summed E-state index contributed by atoms with van der Waals surface area (Å²) in [6.45, 7) is 16.2. The van der Waals surface area contributed by atoms with E-state index in [9.17, 15) is 0 Å². The van der Waals surface area contributed by atoms with Gasteiger partial charge < -0.3 is 0 Å². The first-order valence-electron chi connectivity index (χ1n) is 8.33. The Balaban J connectivity index is 4.60. The number of unbranched alkanes of at least 4 members (excludes halogenated alkanes) is 2. The van der Waals surface area contributed by atoms with E-state index in [4.69, 9.17) is 19.6 Å². The smallest absolute Gasteiger partial charge is 0.228 e. The molecule has 21 heavy (non-hydrogen) atoms. The van der Waals surface area contributed by atoms with Crippen LogP contribution < -0.4 is 0 Å². The van der Waals surface area contributed by atoms with Gasteiger partial charge in [0, 0.05) is 6.42 Å². The van der Waals surface area contributed by atoms with Gasteiger partial charge in [-0.2, -0.15) is 9.78 Å². The van der Waals surface area contributed by atoms with Crippen LogP contribution in [0.5, 0.6) is 0 Å². The minimum absolute atomic E-state index is 0.338. The van der Waals surface area contributed by atoms with Crippen LogP contribution in [-0.2, 0) is 19.6 Å². The Kier molecular flexibility index (Phi) is 9.02. The van der Waals surface area contributed by atoms with Crippen molar-refractivity contribution >= 4 is 0 Å². The van der Waals surface area contributed by atoms with Crippen LogP contribution in [0.4, 0.5) is 0 Å². The van der Waals surface area contributed by atoms with Gasteiger partial charge in [0.1, 0.15) is 0 Å². The third kappa shape index (κ3) is 9.46. The van der Waals surface area contributed by atoms with Crippen molar-refractivity contribution in [1.82, 2.24) is 0 Å². The first kappa shape index (κ1) is 20.8. The third-order valence-electron chi connectivity index (χ3n) is 3.82. The molecule has 0 aliphatic rings. The molecule has 0 N–H and O–H groups in total. The minimum atomic E-state index is -0.881. The summed E-state index contributed by atoms with van der Waals surface area (Å²) in [5.74, 6) is -0.881. The molecule has 0 atom stereocenters. The van der Waals surface area contributed by atoms with E-state index in [1.54, 1.807) is 0 Å². The van der Waals surface area contributed by atoms with Gasteiger partial charge in [0.25, 0.3) is 0 Å². The fourth-order valence-electron chi connectivity index (χ4n) is 1.31. The van der Waals surface area contributed by atoms with Crippen molar-refractivity contribution in [2.75, 3.05) is 0 Å². The molecular formula is C17H36O4. The largest absolute Gasteiger partial charge is 0.231 e. The first-order chi connectivity index (χ1) is 9.60. The fraction of sp³-hybridized carbons (Fsp3) is 1.00. The summed E-state index contributed by atoms with van der Waals surface area (Å²) in [5.41, 5.74) is -0.675. The Labute approximate surface area is 131 Å². The van der Waals surface area contributed by atoms with E-state index < -0.39 is 5.79 Å². The molecule has 0 aromatic rings. The van der Waals surface area contributed by atoms with Crippen LogP contribution >= 0.6 is 0 Å². The Morgan fingerprint density at radius 3 is 1.38 bits per heavy atom. The van der Waals surface area contributed by atoms with Gasteiger partial charge in [-0.15, -0.1) is 0 Å². The average molecular weight is 304 g/mol. The van der Waals surface area contributed by atoms with Crippen molar-refractivity contribution in [1.29, 1.82) is 0 Å². The highest BCUT2D eigenvalue weighted by Gasteiger charge is 2.34. The van der Waals surface area contributed by atoms with E-state index in [1.165, 1.54) is 0 Å². The fourth-order valence-corrected chi connectivity index (χ4v) is 1.31. The van der Waals surface area contributed by atoms with Gasteiger partial charge in [-0.1, -0.05) is 33.6 Å². The zero-order valence-corrected chi connectivity index (χ0v) is 15.4. The molecule has 4 heteroatoms. The average Bonchev–Trinajstić information content (AvgIpc) is 2.44. The molecule has 0 heterocycles. The van der Waals surface area contributed by atoms with Crippen molar-refractivity contribution in [3.05, 3.63) is 0 Å². The molecular weight excluding hydrogens is 268 g/mol. The van der Waals surface area contributed by atoms with Gasteiger partial charge >= 0.3 is 0 Å². The summed E-state index contributed by atoms with van der Waals surface area (Å²) in [6.07, 6.45) is 5.76. The molecule has 0 aliphatic heterocycles. The molecule has 0 fully saturated rings. The zero-order chi connectivity index (χ0) is 16.6. The topological polar surface area (TPSA) is 36.9 Å². The number of hydrogen-bond donors (Lipinski definition) is 0. The second-order valence-electron chi connectivity index (χ2n) is 7.15. The normalized spacial score (nSPS) is 13.7. The lowest BCUT2D eigenvalue weighted by molar-refractivity contribution is -0.540. The summed E-state index contributed by atoms with van der Waals surface area (Å²) in [6, 6.07) is 0. The van der Waals surface area contributed by atoms with Crippen LogP contribution in [0.3, 0.4) is 0 Å². The molecule has 0 saturated carbocycles. The Bertz CT molecular complexity index is 254. The van der Waals surface area contributed by atoms with E-state index in [0.29, 0.717) is 0 Å². The lowest BCUT2D eigenvalue weighted by Crippen LogP contribution is -2.39. The monoisotopic (exact) mass is 304 g/mol. The number of hydrogen-bond acceptors (Lipinski definition) is 4. The maximum Gasteiger partial charge on any atom is 0.231 e. The predicted octanol–water partition coefficient (Wildman–Crippen LogP) is 5.56. The van der Waals surface area contributed by atoms with E-state index in [1.807, 2.05) is 34.6 Å². The molecule has 0 aromatic heterocycles. The molecule has 4 nitrogen and oxygen atoms in total. The van der Waals surface area contributed by atoms with E-state index >= 15 is 0 Å². The highest BCUT2D eigenvalue weighted by Crippen LogP contribution is 2.28. The molecule has 0 amide bonds. The Morgan fingerprint density at radius 1 is 0.619 bits per heavy atom. The summed E-state index contributed by atoms with van der Waals surface area (Å²) in [7, 11) is 0. The van der Waals surface area contributed by atoms with Crippen LogP contribution in [0.15, 0.2) is 0 Å². The Hall–Kier alpha value is -0.160. The maximum absolute atomic E-state index is 5.62. The number of rotatable bonds is 12. The van der Waals surface area contributed by atoms with Crippen molar-refractivity contribution in [2.24, 2.45) is 0 Å². The van der Waals surface area contributed by atoms with Gasteiger partial charge in [0.05, 0.1) is 11.2 Å². The van der Waals surface area contributed by atoms with Crippen LogP contribution in [0.25, 0.3) is 0 Å². The summed E-state index contributed by atoms with van der Waals surface area (Å²) < 4.78 is 0. The van der Waals surface area contributed by atoms with E-state index in [0.717, 1.165) is 38.5 Å². The minimum Gasteiger partial charge on any atom is -0.228 e. The standard InChI is InChI=1S/C17H36O4/c1-9-12-13-14-17(8,20-18-15(4,5)10-2)21-19-16(6,7)11-3/h9-14H2,1-8H3. The second kappa shape index (κ2) is 9.09. The molecule has 0 radical (unpaired) electrons. The summed E-state index contributed by atoms with van der Waals surface area (Å²) in [4.78, 5) is 22.4. The molecule has 0 unspecified atom stereocenters. The predicted molar refractivity (Wildman–Crippen MR) is 85.6 cm³/mol. The van der Waals surface area contributed by atoms with E-state index in [2.05, 4.69) is 20.8 Å². The zero-order valence-electron chi connectivity index (χ0n) is 15.4. The molecule has 0 spiro atoms. The molecule has 0 saturated heterocycles. The van der Waals surface area contributed by atoms with Gasteiger partial charge in [-0.3, -0.25) is 0 Å². The third-order valence-corrected chi connectivity index (χ3v) is 3.82. The highest BCUT2D eigenvalue weighted by atomic mass is 17.3. The van der Waals surface area contributed by atoms with Gasteiger partial charge in [0.15, 0.2) is 0 Å². The second-order valence-corrected chi connectivity index (χ2v) is 7.15. The highest BCUT2D eigenvalue weighted by molar-refractivity contribution is 4.66. The maximum atomic E-state index is 5.62. The van der Waals surface area contributed by atoms with Crippen molar-refractivity contribution < 1.29 is 19.6 Å². The van der Waals surface area contributed by atoms with Crippen molar-refractivity contribution in [3.63, 3.8) is 0 Å². The lowest BCUT2D eigenvalue weighted by atomic mass is 10.1. The first-order valence-corrected chi connectivity index (χ1v) is 8.33. The van der Waals surface area contributed by atoms with Crippen molar-refractivity contribution in [2.45, 2.75) is 111 Å². The van der Waals surface area contributed by atoms with Crippen molar-refractivity contribution in [3.8, 4) is 0 Å². The Morgan fingerprint density at radius 2 is 1.05 bits per heavy atom. The molecule has 0 aliphatic carbocycles. The summed E-state index contributed by atoms with van der Waals surface area (Å²) >= 11 is 0. The van der Waals surface area contributed by atoms with Gasteiger partial charge in [-0.25, -0.2) is 9.78 Å². The van der Waals surface area contributed by atoms with Crippen LogP contribution in [0, 0.1) is 0 Å². The van der Waals surface area contributed by atoms with Gasteiger partial charge in [0.2, 0.25) is 5.79 Å². The molecule has 0 rings (SSSR count).